The summed E-state index contributed by atoms with van der Waals surface area (Å²) in [7, 11) is 0. The van der Waals surface area contributed by atoms with Gasteiger partial charge in [0.05, 0.1) is 0 Å². The van der Waals surface area contributed by atoms with Crippen LogP contribution < -0.4 is 0 Å². The van der Waals surface area contributed by atoms with Gasteiger partial charge in [-0.05, 0) is 64.2 Å². The van der Waals surface area contributed by atoms with E-state index in [0.29, 0.717) is 19.3 Å². The fourth-order valence-electron chi connectivity index (χ4n) is 5.71. The maximum absolute atomic E-state index is 12.6. The molecule has 6 heteroatoms. The van der Waals surface area contributed by atoms with Crippen LogP contribution in [0.5, 0.6) is 0 Å². The molecule has 0 saturated carbocycles. The smallest absolute Gasteiger partial charge is 0.306 e. The van der Waals surface area contributed by atoms with Gasteiger partial charge in [0.2, 0.25) is 0 Å². The summed E-state index contributed by atoms with van der Waals surface area (Å²) in [6.45, 7) is 6.48. The third kappa shape index (κ3) is 37.0. The van der Waals surface area contributed by atoms with Crippen LogP contribution in [0.25, 0.3) is 0 Å². The molecule has 1 atom stereocenters. The predicted octanol–water partition coefficient (Wildman–Crippen LogP) is 12.9. The highest BCUT2D eigenvalue weighted by Gasteiger charge is 2.19. The van der Waals surface area contributed by atoms with Gasteiger partial charge in [-0.1, -0.05) is 154 Å². The Bertz CT molecular complexity index is 804. The van der Waals surface area contributed by atoms with Gasteiger partial charge in [0, 0.05) is 19.3 Å². The molecular weight excluding hydrogens is 612 g/mol. The summed E-state index contributed by atoms with van der Waals surface area (Å²) in [4.78, 5) is 37.3. The van der Waals surface area contributed by atoms with Crippen molar-refractivity contribution in [3.63, 3.8) is 0 Å². The highest BCUT2D eigenvalue weighted by atomic mass is 16.6. The Morgan fingerprint density at radius 1 is 0.388 bits per heavy atom. The molecule has 0 aliphatic carbocycles. The number of carbonyl (C=O) groups is 3. The topological polar surface area (TPSA) is 78.9 Å². The molecule has 0 amide bonds. The Balaban J connectivity index is 4.26. The van der Waals surface area contributed by atoms with Crippen molar-refractivity contribution in [1.29, 1.82) is 0 Å². The van der Waals surface area contributed by atoms with E-state index in [1.807, 2.05) is 0 Å². The number of esters is 3. The minimum Gasteiger partial charge on any atom is -0.462 e. The maximum Gasteiger partial charge on any atom is 0.306 e. The quantitative estimate of drug-likeness (QED) is 0.0279. The van der Waals surface area contributed by atoms with Crippen molar-refractivity contribution in [3.05, 3.63) is 24.3 Å². The number of carbonyl (C=O) groups excluding carboxylic acids is 3. The van der Waals surface area contributed by atoms with Crippen molar-refractivity contribution in [3.8, 4) is 0 Å². The summed E-state index contributed by atoms with van der Waals surface area (Å²) in [5.41, 5.74) is 0. The number of allylic oxidation sites excluding steroid dienone is 4. The van der Waals surface area contributed by atoms with Gasteiger partial charge in [-0.2, -0.15) is 0 Å². The highest BCUT2D eigenvalue weighted by molar-refractivity contribution is 5.71. The third-order valence-electron chi connectivity index (χ3n) is 8.93. The normalized spacial score (nSPS) is 12.1. The van der Waals surface area contributed by atoms with Crippen LogP contribution in [0.2, 0.25) is 0 Å². The van der Waals surface area contributed by atoms with Crippen LogP contribution in [-0.4, -0.2) is 37.2 Å². The fourth-order valence-corrected chi connectivity index (χ4v) is 5.71. The monoisotopic (exact) mass is 691 g/mol. The van der Waals surface area contributed by atoms with Crippen molar-refractivity contribution in [2.75, 3.05) is 13.2 Å². The van der Waals surface area contributed by atoms with Gasteiger partial charge in [-0.15, -0.1) is 0 Å². The molecule has 0 aromatic rings. The van der Waals surface area contributed by atoms with Gasteiger partial charge in [-0.25, -0.2) is 0 Å². The van der Waals surface area contributed by atoms with Crippen LogP contribution >= 0.6 is 0 Å². The van der Waals surface area contributed by atoms with E-state index in [2.05, 4.69) is 45.1 Å². The summed E-state index contributed by atoms with van der Waals surface area (Å²) in [5, 5.41) is 0. The van der Waals surface area contributed by atoms with E-state index in [-0.39, 0.29) is 31.1 Å². The molecule has 0 radical (unpaired) electrons. The van der Waals surface area contributed by atoms with E-state index < -0.39 is 6.10 Å². The molecular formula is C43H78O6. The van der Waals surface area contributed by atoms with Gasteiger partial charge in [0.15, 0.2) is 6.10 Å². The molecule has 0 heterocycles. The van der Waals surface area contributed by atoms with Crippen LogP contribution in [0.3, 0.4) is 0 Å². The molecule has 0 aromatic carbocycles. The lowest BCUT2D eigenvalue weighted by molar-refractivity contribution is -0.167. The van der Waals surface area contributed by atoms with E-state index in [1.165, 1.54) is 89.9 Å². The summed E-state index contributed by atoms with van der Waals surface area (Å²) < 4.78 is 16.5. The number of ether oxygens (including phenoxy) is 3. The van der Waals surface area contributed by atoms with Crippen molar-refractivity contribution in [2.45, 2.75) is 219 Å². The average Bonchev–Trinajstić information content (AvgIpc) is 3.09. The first-order chi connectivity index (χ1) is 24.0. The van der Waals surface area contributed by atoms with Crippen molar-refractivity contribution >= 4 is 17.9 Å². The van der Waals surface area contributed by atoms with E-state index in [4.69, 9.17) is 14.2 Å². The van der Waals surface area contributed by atoms with Crippen LogP contribution in [0, 0.1) is 0 Å². The van der Waals surface area contributed by atoms with Crippen molar-refractivity contribution in [1.82, 2.24) is 0 Å². The minimum atomic E-state index is -0.769. The maximum atomic E-state index is 12.6. The van der Waals surface area contributed by atoms with E-state index in [0.717, 1.165) is 83.5 Å². The zero-order valence-electron chi connectivity index (χ0n) is 32.5. The Hall–Kier alpha value is -2.11. The molecule has 0 aliphatic rings. The molecule has 0 saturated heterocycles. The van der Waals surface area contributed by atoms with Gasteiger partial charge in [0.25, 0.3) is 0 Å². The van der Waals surface area contributed by atoms with E-state index in [9.17, 15) is 14.4 Å². The minimum absolute atomic E-state index is 0.0774. The summed E-state index contributed by atoms with van der Waals surface area (Å²) in [6, 6.07) is 0. The second kappa shape index (κ2) is 38.7. The molecule has 286 valence electrons. The first kappa shape index (κ1) is 46.9. The van der Waals surface area contributed by atoms with Gasteiger partial charge >= 0.3 is 17.9 Å². The van der Waals surface area contributed by atoms with Crippen molar-refractivity contribution in [2.24, 2.45) is 0 Å². The Kier molecular flexibility index (Phi) is 37.0. The largest absolute Gasteiger partial charge is 0.462 e. The van der Waals surface area contributed by atoms with Gasteiger partial charge < -0.3 is 14.2 Å². The molecule has 0 fully saturated rings. The average molecular weight is 691 g/mol. The van der Waals surface area contributed by atoms with Crippen LogP contribution in [0.1, 0.15) is 213 Å². The molecule has 0 bridgehead atoms. The highest BCUT2D eigenvalue weighted by Crippen LogP contribution is 2.13. The van der Waals surface area contributed by atoms with E-state index >= 15 is 0 Å². The molecule has 49 heavy (non-hydrogen) atoms. The Labute approximate surface area is 303 Å². The molecule has 0 rings (SSSR count). The van der Waals surface area contributed by atoms with Gasteiger partial charge in [0.1, 0.15) is 13.2 Å². The van der Waals surface area contributed by atoms with Gasteiger partial charge in [-0.3, -0.25) is 14.4 Å². The molecule has 0 N–H and O–H groups in total. The Morgan fingerprint density at radius 3 is 1.08 bits per heavy atom. The lowest BCUT2D eigenvalue weighted by atomic mass is 10.1. The third-order valence-corrected chi connectivity index (χ3v) is 8.93. The zero-order chi connectivity index (χ0) is 35.9. The van der Waals surface area contributed by atoms with E-state index in [1.54, 1.807) is 0 Å². The fraction of sp³-hybridized carbons (Fsp3) is 0.837. The summed E-state index contributed by atoms with van der Waals surface area (Å²) in [6.07, 6.45) is 40.4. The number of hydrogen-bond donors (Lipinski definition) is 0. The molecule has 0 aromatic heterocycles. The summed E-state index contributed by atoms with van der Waals surface area (Å²) >= 11 is 0. The number of rotatable bonds is 37. The van der Waals surface area contributed by atoms with Crippen LogP contribution in [0.15, 0.2) is 24.3 Å². The number of hydrogen-bond acceptors (Lipinski definition) is 6. The Morgan fingerprint density at radius 2 is 0.694 bits per heavy atom. The molecule has 0 spiro atoms. The standard InChI is InChI=1S/C43H78O6/c1-4-7-10-13-15-17-19-20-21-22-24-25-27-30-33-36-42(45)48-39-40(38-47-41(44)35-32-29-12-9-6-3)49-43(46)37-34-31-28-26-23-18-16-14-11-8-5-2/h14,16,20-21,40H,4-13,15,17-19,22-39H2,1-3H3/b16-14-,21-20-. The van der Waals surface area contributed by atoms with Crippen LogP contribution in [-0.2, 0) is 28.6 Å². The first-order valence-electron chi connectivity index (χ1n) is 20.8. The lowest BCUT2D eigenvalue weighted by Gasteiger charge is -2.18. The van der Waals surface area contributed by atoms with Crippen LogP contribution in [0.4, 0.5) is 0 Å². The predicted molar refractivity (Wildman–Crippen MR) is 206 cm³/mol. The zero-order valence-corrected chi connectivity index (χ0v) is 32.5. The molecule has 1 unspecified atom stereocenters. The number of unbranched alkanes of at least 4 members (excludes halogenated alkanes) is 22. The second-order valence-corrected chi connectivity index (χ2v) is 13.9. The lowest BCUT2D eigenvalue weighted by Crippen LogP contribution is -2.30. The molecule has 6 nitrogen and oxygen atoms in total. The SMILES string of the molecule is CCCC/C=C\CCCCCCCC(=O)OC(COC(=O)CCCCCCC)COC(=O)CCCCCCC/C=C\CCCCCCCC. The molecule has 0 aliphatic heterocycles. The first-order valence-corrected chi connectivity index (χ1v) is 20.8. The second-order valence-electron chi connectivity index (χ2n) is 13.9. The summed E-state index contributed by atoms with van der Waals surface area (Å²) in [5.74, 6) is -0.911. The van der Waals surface area contributed by atoms with Crippen molar-refractivity contribution < 1.29 is 28.6 Å².